The van der Waals surface area contributed by atoms with Crippen molar-refractivity contribution in [3.63, 3.8) is 0 Å². The Labute approximate surface area is 160 Å². The minimum Gasteiger partial charge on any atom is -0.347 e. The summed E-state index contributed by atoms with van der Waals surface area (Å²) < 4.78 is 0. The molecule has 0 aliphatic carbocycles. The Morgan fingerprint density at radius 3 is 2.73 bits per heavy atom. The summed E-state index contributed by atoms with van der Waals surface area (Å²) >= 11 is 1.69. The molecule has 26 heavy (non-hydrogen) atoms. The average molecular weight is 370 g/mol. The number of ketones is 1. The second kappa shape index (κ2) is 7.33. The Morgan fingerprint density at radius 1 is 1.35 bits per heavy atom. The van der Waals surface area contributed by atoms with Crippen LogP contribution in [0.25, 0.3) is 0 Å². The lowest BCUT2D eigenvalue weighted by Gasteiger charge is -2.24. The van der Waals surface area contributed by atoms with E-state index < -0.39 is 0 Å². The molecule has 2 heterocycles. The lowest BCUT2D eigenvalue weighted by molar-refractivity contribution is -0.115. The Bertz CT molecular complexity index is 837. The van der Waals surface area contributed by atoms with Crippen molar-refractivity contribution in [2.75, 3.05) is 25.5 Å². The standard InChI is InChI=1S/C21H27N3OS/c1-6-20-22-15(14-26-20)12-23(4)13-16(25)11-19-21(2,3)17-9-7-8-10-18(17)24(19)5/h7-11,14H,6,12-13H2,1-5H3/b19-11-. The number of fused-ring (bicyclic) bond motifs is 1. The zero-order valence-corrected chi connectivity index (χ0v) is 17.1. The highest BCUT2D eigenvalue weighted by Gasteiger charge is 2.38. The molecule has 0 spiro atoms. The zero-order valence-electron chi connectivity index (χ0n) is 16.2. The number of para-hydroxylation sites is 1. The topological polar surface area (TPSA) is 36.4 Å². The fraction of sp³-hybridized carbons (Fsp3) is 0.429. The van der Waals surface area contributed by atoms with Crippen LogP contribution in [0.2, 0.25) is 0 Å². The molecule has 0 radical (unpaired) electrons. The van der Waals surface area contributed by atoms with Gasteiger partial charge < -0.3 is 4.90 Å². The summed E-state index contributed by atoms with van der Waals surface area (Å²) in [7, 11) is 4.01. The van der Waals surface area contributed by atoms with Crippen LogP contribution in [-0.4, -0.2) is 36.3 Å². The normalized spacial score (nSPS) is 17.2. The van der Waals surface area contributed by atoms with Crippen LogP contribution in [0, 0.1) is 0 Å². The van der Waals surface area contributed by atoms with Gasteiger partial charge in [0.15, 0.2) is 5.78 Å². The van der Waals surface area contributed by atoms with Crippen LogP contribution in [-0.2, 0) is 23.2 Å². The van der Waals surface area contributed by atoms with Gasteiger partial charge in [-0.15, -0.1) is 11.3 Å². The molecule has 0 amide bonds. The van der Waals surface area contributed by atoms with E-state index in [1.165, 1.54) is 11.3 Å². The fourth-order valence-electron chi connectivity index (χ4n) is 3.64. The molecule has 0 saturated carbocycles. The smallest absolute Gasteiger partial charge is 0.171 e. The van der Waals surface area contributed by atoms with Gasteiger partial charge in [-0.3, -0.25) is 9.69 Å². The molecule has 0 atom stereocenters. The third-order valence-electron chi connectivity index (χ3n) is 5.00. The molecule has 138 valence electrons. The molecule has 5 heteroatoms. The van der Waals surface area contributed by atoms with Crippen molar-refractivity contribution in [1.82, 2.24) is 9.88 Å². The van der Waals surface area contributed by atoms with Crippen molar-refractivity contribution in [3.8, 4) is 0 Å². The van der Waals surface area contributed by atoms with Crippen LogP contribution in [0.4, 0.5) is 5.69 Å². The largest absolute Gasteiger partial charge is 0.347 e. The van der Waals surface area contributed by atoms with Crippen molar-refractivity contribution in [2.24, 2.45) is 0 Å². The predicted octanol–water partition coefficient (Wildman–Crippen LogP) is 4.02. The van der Waals surface area contributed by atoms with Gasteiger partial charge in [-0.25, -0.2) is 4.98 Å². The van der Waals surface area contributed by atoms with Crippen molar-refractivity contribution >= 4 is 22.8 Å². The molecule has 0 saturated heterocycles. The monoisotopic (exact) mass is 369 g/mol. The second-order valence-electron chi connectivity index (χ2n) is 7.46. The predicted molar refractivity (Wildman–Crippen MR) is 109 cm³/mol. The molecule has 1 aromatic carbocycles. The zero-order chi connectivity index (χ0) is 18.9. The summed E-state index contributed by atoms with van der Waals surface area (Å²) in [5.41, 5.74) is 4.38. The van der Waals surface area contributed by atoms with Gasteiger partial charge >= 0.3 is 0 Å². The molecule has 1 aliphatic heterocycles. The van der Waals surface area contributed by atoms with E-state index in [-0.39, 0.29) is 11.2 Å². The summed E-state index contributed by atoms with van der Waals surface area (Å²) in [4.78, 5) is 21.4. The van der Waals surface area contributed by atoms with E-state index in [1.807, 2.05) is 31.1 Å². The number of carbonyl (C=O) groups is 1. The van der Waals surface area contributed by atoms with Crippen LogP contribution in [0.1, 0.15) is 37.0 Å². The molecular weight excluding hydrogens is 342 g/mol. The number of aryl methyl sites for hydroxylation is 1. The maximum atomic E-state index is 12.7. The average Bonchev–Trinajstić information content (AvgIpc) is 3.12. The molecule has 4 nitrogen and oxygen atoms in total. The van der Waals surface area contributed by atoms with Crippen LogP contribution in [0.15, 0.2) is 41.4 Å². The second-order valence-corrected chi connectivity index (χ2v) is 8.40. The summed E-state index contributed by atoms with van der Waals surface area (Å²) in [5.74, 6) is 0.126. The Kier molecular flexibility index (Phi) is 5.30. The number of allylic oxidation sites excluding steroid dienone is 1. The number of likely N-dealkylation sites (N-methyl/N-ethyl adjacent to an activating group) is 2. The molecule has 1 aromatic heterocycles. The molecule has 0 bridgehead atoms. The summed E-state index contributed by atoms with van der Waals surface area (Å²) in [6.45, 7) is 7.56. The van der Waals surface area contributed by atoms with E-state index in [0.717, 1.165) is 22.8 Å². The minimum atomic E-state index is -0.162. The highest BCUT2D eigenvalue weighted by atomic mass is 32.1. The Morgan fingerprint density at radius 2 is 2.08 bits per heavy atom. The first-order valence-corrected chi connectivity index (χ1v) is 9.91. The van der Waals surface area contributed by atoms with Crippen LogP contribution in [0.3, 0.4) is 0 Å². The molecular formula is C21H27N3OS. The number of hydrogen-bond donors (Lipinski definition) is 0. The van der Waals surface area contributed by atoms with E-state index >= 15 is 0 Å². The van der Waals surface area contributed by atoms with E-state index in [4.69, 9.17) is 0 Å². The van der Waals surface area contributed by atoms with Crippen molar-refractivity contribution in [1.29, 1.82) is 0 Å². The van der Waals surface area contributed by atoms with E-state index in [9.17, 15) is 4.79 Å². The highest BCUT2D eigenvalue weighted by Crippen LogP contribution is 2.46. The summed E-state index contributed by atoms with van der Waals surface area (Å²) in [5, 5.41) is 3.23. The first kappa shape index (κ1) is 18.8. The molecule has 2 aromatic rings. The van der Waals surface area contributed by atoms with Crippen LogP contribution in [0.5, 0.6) is 0 Å². The van der Waals surface area contributed by atoms with Crippen molar-refractivity contribution in [2.45, 2.75) is 39.2 Å². The number of thiazole rings is 1. The van der Waals surface area contributed by atoms with Crippen molar-refractivity contribution < 1.29 is 4.79 Å². The van der Waals surface area contributed by atoms with Gasteiger partial charge in [-0.1, -0.05) is 39.0 Å². The minimum absolute atomic E-state index is 0.126. The lowest BCUT2D eigenvalue weighted by atomic mass is 9.83. The van der Waals surface area contributed by atoms with Crippen LogP contribution >= 0.6 is 11.3 Å². The quantitative estimate of drug-likeness (QED) is 0.721. The SMILES string of the molecule is CCc1nc(CN(C)CC(=O)/C=C2\N(C)c3ccccc3C2(C)C)cs1. The van der Waals surface area contributed by atoms with Gasteiger partial charge in [-0.2, -0.15) is 0 Å². The first-order valence-electron chi connectivity index (χ1n) is 9.03. The Hall–Kier alpha value is -1.98. The molecule has 3 rings (SSSR count). The number of rotatable bonds is 6. The number of hydrogen-bond acceptors (Lipinski definition) is 5. The van der Waals surface area contributed by atoms with Gasteiger partial charge in [0.05, 0.1) is 17.2 Å². The number of nitrogens with zero attached hydrogens (tertiary/aromatic N) is 3. The lowest BCUT2D eigenvalue weighted by Crippen LogP contribution is -2.28. The van der Waals surface area contributed by atoms with E-state index in [0.29, 0.717) is 13.1 Å². The summed E-state index contributed by atoms with van der Waals surface area (Å²) in [6.07, 6.45) is 2.77. The number of carbonyl (C=O) groups excluding carboxylic acids is 1. The number of aromatic nitrogens is 1. The van der Waals surface area contributed by atoms with Crippen molar-refractivity contribution in [3.05, 3.63) is 57.7 Å². The Balaban J connectivity index is 1.70. The molecule has 0 unspecified atom stereocenters. The van der Waals surface area contributed by atoms with Gasteiger partial charge in [0.1, 0.15) is 0 Å². The fourth-order valence-corrected chi connectivity index (χ4v) is 4.38. The van der Waals surface area contributed by atoms with E-state index in [1.54, 1.807) is 11.3 Å². The summed E-state index contributed by atoms with van der Waals surface area (Å²) in [6, 6.07) is 8.37. The maximum Gasteiger partial charge on any atom is 0.171 e. The molecule has 0 fully saturated rings. The van der Waals surface area contributed by atoms with Gasteiger partial charge in [0.2, 0.25) is 0 Å². The first-order chi connectivity index (χ1) is 12.3. The van der Waals surface area contributed by atoms with Gasteiger partial charge in [-0.05, 0) is 25.1 Å². The number of anilines is 1. The van der Waals surface area contributed by atoms with E-state index in [2.05, 4.69) is 54.2 Å². The third kappa shape index (κ3) is 3.60. The maximum absolute atomic E-state index is 12.7. The molecule has 1 aliphatic rings. The highest BCUT2D eigenvalue weighted by molar-refractivity contribution is 7.09. The van der Waals surface area contributed by atoms with Crippen LogP contribution < -0.4 is 4.90 Å². The van der Waals surface area contributed by atoms with Gasteiger partial charge in [0, 0.05) is 41.8 Å². The van der Waals surface area contributed by atoms with Gasteiger partial charge in [0.25, 0.3) is 0 Å². The number of benzene rings is 1. The third-order valence-corrected chi connectivity index (χ3v) is 6.04. The molecule has 0 N–H and O–H groups in total.